The number of nitro groups is 1. The molecule has 1 unspecified atom stereocenters. The van der Waals surface area contributed by atoms with Gasteiger partial charge in [-0.25, -0.2) is 5.48 Å². The van der Waals surface area contributed by atoms with E-state index in [1.807, 2.05) is 11.0 Å². The largest absolute Gasteiger partial charge is 0.336 e. The summed E-state index contributed by atoms with van der Waals surface area (Å²) in [6.45, 7) is 1.40. The molecule has 2 aromatic rings. The Kier molecular flexibility index (Phi) is 5.97. The molecule has 28 heavy (non-hydrogen) atoms. The van der Waals surface area contributed by atoms with Crippen LogP contribution in [0.25, 0.3) is 0 Å². The Labute approximate surface area is 161 Å². The Hall–Kier alpha value is -3.30. The van der Waals surface area contributed by atoms with Crippen molar-refractivity contribution in [3.8, 4) is 0 Å². The molecule has 9 nitrogen and oxygen atoms in total. The molecular formula is C19H20N4O5. The second kappa shape index (κ2) is 8.59. The number of rotatable bonds is 5. The maximum atomic E-state index is 12.7. The molecule has 2 amide bonds. The number of piperazine rings is 1. The predicted molar refractivity (Wildman–Crippen MR) is 99.7 cm³/mol. The van der Waals surface area contributed by atoms with E-state index in [1.165, 1.54) is 23.1 Å². The van der Waals surface area contributed by atoms with Crippen LogP contribution in [-0.4, -0.2) is 57.9 Å². The standard InChI is InChI=1S/C19H20N4O5/c24-18(20-26)17(14-6-2-1-3-7-14)21-10-12-22(13-11-21)19(25)15-8-4-5-9-16(15)23(27)28/h1-9,17,26H,10-13H2,(H,20,24). The van der Waals surface area contributed by atoms with Crippen LogP contribution in [-0.2, 0) is 4.79 Å². The summed E-state index contributed by atoms with van der Waals surface area (Å²) in [7, 11) is 0. The molecule has 0 saturated carbocycles. The third kappa shape index (κ3) is 4.00. The molecule has 0 spiro atoms. The van der Waals surface area contributed by atoms with E-state index in [0.29, 0.717) is 26.2 Å². The van der Waals surface area contributed by atoms with Gasteiger partial charge in [0.05, 0.1) is 4.92 Å². The van der Waals surface area contributed by atoms with Gasteiger partial charge in [0, 0.05) is 32.2 Å². The summed E-state index contributed by atoms with van der Waals surface area (Å²) in [5.74, 6) is -0.959. The molecule has 1 atom stereocenters. The van der Waals surface area contributed by atoms with Crippen molar-refractivity contribution < 1.29 is 19.7 Å². The number of hydrogen-bond donors (Lipinski definition) is 2. The molecule has 1 heterocycles. The second-order valence-corrected chi connectivity index (χ2v) is 6.39. The molecule has 0 aromatic heterocycles. The maximum Gasteiger partial charge on any atom is 0.282 e. The van der Waals surface area contributed by atoms with Crippen molar-refractivity contribution in [1.82, 2.24) is 15.3 Å². The highest BCUT2D eigenvalue weighted by atomic mass is 16.6. The number of nitrogens with zero attached hydrogens (tertiary/aromatic N) is 3. The Balaban J connectivity index is 1.74. The number of carbonyl (C=O) groups is 2. The second-order valence-electron chi connectivity index (χ2n) is 6.39. The lowest BCUT2D eigenvalue weighted by Gasteiger charge is -2.38. The monoisotopic (exact) mass is 384 g/mol. The quantitative estimate of drug-likeness (QED) is 0.460. The zero-order valence-corrected chi connectivity index (χ0v) is 15.0. The molecule has 1 aliphatic heterocycles. The Morgan fingerprint density at radius 2 is 1.61 bits per heavy atom. The molecule has 2 aromatic carbocycles. The number of carbonyl (C=O) groups excluding carboxylic acids is 2. The van der Waals surface area contributed by atoms with Crippen LogP contribution in [0.4, 0.5) is 5.69 Å². The highest BCUT2D eigenvalue weighted by Gasteiger charge is 2.33. The van der Waals surface area contributed by atoms with Gasteiger partial charge in [-0.05, 0) is 11.6 Å². The lowest BCUT2D eigenvalue weighted by molar-refractivity contribution is -0.385. The van der Waals surface area contributed by atoms with Crippen LogP contribution in [0.15, 0.2) is 54.6 Å². The first-order valence-electron chi connectivity index (χ1n) is 8.78. The van der Waals surface area contributed by atoms with E-state index in [1.54, 1.807) is 35.8 Å². The SMILES string of the molecule is O=C(NO)C(c1ccccc1)N1CCN(C(=O)c2ccccc2[N+](=O)[O-])CC1. The van der Waals surface area contributed by atoms with E-state index >= 15 is 0 Å². The van der Waals surface area contributed by atoms with E-state index in [4.69, 9.17) is 5.21 Å². The van der Waals surface area contributed by atoms with Crippen molar-refractivity contribution in [1.29, 1.82) is 0 Å². The fourth-order valence-electron chi connectivity index (χ4n) is 3.39. The van der Waals surface area contributed by atoms with Gasteiger partial charge in [-0.15, -0.1) is 0 Å². The fourth-order valence-corrected chi connectivity index (χ4v) is 3.39. The summed E-state index contributed by atoms with van der Waals surface area (Å²) in [6, 6.07) is 14.2. The zero-order chi connectivity index (χ0) is 20.1. The van der Waals surface area contributed by atoms with E-state index in [-0.39, 0.29) is 11.3 Å². The number of hydroxylamine groups is 1. The van der Waals surface area contributed by atoms with Crippen molar-refractivity contribution in [2.24, 2.45) is 0 Å². The highest BCUT2D eigenvalue weighted by molar-refractivity contribution is 5.98. The molecule has 1 fully saturated rings. The lowest BCUT2D eigenvalue weighted by atomic mass is 10.0. The molecule has 0 aliphatic carbocycles. The van der Waals surface area contributed by atoms with Gasteiger partial charge in [0.1, 0.15) is 11.6 Å². The van der Waals surface area contributed by atoms with E-state index < -0.39 is 22.8 Å². The smallest absolute Gasteiger partial charge is 0.282 e. The molecule has 0 radical (unpaired) electrons. The number of nitro benzene ring substituents is 1. The predicted octanol–water partition coefficient (Wildman–Crippen LogP) is 1.60. The van der Waals surface area contributed by atoms with Gasteiger partial charge >= 0.3 is 0 Å². The topological polar surface area (TPSA) is 116 Å². The molecule has 3 rings (SSSR count). The minimum atomic E-state index is -0.686. The van der Waals surface area contributed by atoms with Gasteiger partial charge in [-0.1, -0.05) is 42.5 Å². The highest BCUT2D eigenvalue weighted by Crippen LogP contribution is 2.24. The first-order valence-corrected chi connectivity index (χ1v) is 8.78. The number of hydrogen-bond acceptors (Lipinski definition) is 6. The third-order valence-corrected chi connectivity index (χ3v) is 4.77. The number of para-hydroxylation sites is 1. The molecular weight excluding hydrogens is 364 g/mol. The molecule has 0 bridgehead atoms. The van der Waals surface area contributed by atoms with Gasteiger partial charge < -0.3 is 4.90 Å². The molecule has 9 heteroatoms. The van der Waals surface area contributed by atoms with E-state index in [9.17, 15) is 19.7 Å². The van der Waals surface area contributed by atoms with Crippen molar-refractivity contribution >= 4 is 17.5 Å². The van der Waals surface area contributed by atoms with Gasteiger partial charge in [0.15, 0.2) is 0 Å². The van der Waals surface area contributed by atoms with Crippen LogP contribution in [0.1, 0.15) is 22.0 Å². The minimum Gasteiger partial charge on any atom is -0.336 e. The zero-order valence-electron chi connectivity index (χ0n) is 15.0. The van der Waals surface area contributed by atoms with Crippen LogP contribution in [0.5, 0.6) is 0 Å². The number of amides is 2. The van der Waals surface area contributed by atoms with Crippen molar-refractivity contribution in [2.45, 2.75) is 6.04 Å². The van der Waals surface area contributed by atoms with Crippen LogP contribution in [0.3, 0.4) is 0 Å². The van der Waals surface area contributed by atoms with Crippen LogP contribution < -0.4 is 5.48 Å². The minimum absolute atomic E-state index is 0.0497. The first kappa shape index (κ1) is 19.5. The van der Waals surface area contributed by atoms with E-state index in [2.05, 4.69) is 0 Å². The van der Waals surface area contributed by atoms with Gasteiger partial charge in [0.25, 0.3) is 17.5 Å². The summed E-state index contributed by atoms with van der Waals surface area (Å²) in [5.41, 5.74) is 2.26. The van der Waals surface area contributed by atoms with Gasteiger partial charge in [-0.3, -0.25) is 29.8 Å². The number of nitrogens with one attached hydrogen (secondary N) is 1. The Bertz CT molecular complexity index is 866. The normalized spacial score (nSPS) is 15.7. The average molecular weight is 384 g/mol. The van der Waals surface area contributed by atoms with Gasteiger partial charge in [-0.2, -0.15) is 0 Å². The van der Waals surface area contributed by atoms with Crippen molar-refractivity contribution in [3.05, 3.63) is 75.8 Å². The van der Waals surface area contributed by atoms with Gasteiger partial charge in [0.2, 0.25) is 0 Å². The average Bonchev–Trinajstić information content (AvgIpc) is 2.74. The van der Waals surface area contributed by atoms with Crippen LogP contribution in [0, 0.1) is 10.1 Å². The summed E-state index contributed by atoms with van der Waals surface area (Å²) in [5, 5.41) is 20.3. The first-order chi connectivity index (χ1) is 13.5. The number of benzene rings is 2. The Morgan fingerprint density at radius 1 is 1.00 bits per heavy atom. The fraction of sp³-hybridized carbons (Fsp3) is 0.263. The summed E-state index contributed by atoms with van der Waals surface area (Å²) < 4.78 is 0. The summed E-state index contributed by atoms with van der Waals surface area (Å²) >= 11 is 0. The summed E-state index contributed by atoms with van der Waals surface area (Å²) in [6.07, 6.45) is 0. The molecule has 1 saturated heterocycles. The van der Waals surface area contributed by atoms with Crippen molar-refractivity contribution in [2.75, 3.05) is 26.2 Å². The molecule has 1 aliphatic rings. The third-order valence-electron chi connectivity index (χ3n) is 4.77. The van der Waals surface area contributed by atoms with Crippen LogP contribution in [0.2, 0.25) is 0 Å². The van der Waals surface area contributed by atoms with Crippen LogP contribution >= 0.6 is 0 Å². The van der Waals surface area contributed by atoms with Crippen molar-refractivity contribution in [3.63, 3.8) is 0 Å². The molecule has 146 valence electrons. The lowest BCUT2D eigenvalue weighted by Crippen LogP contribution is -2.52. The molecule has 2 N–H and O–H groups in total. The Morgan fingerprint density at radius 3 is 2.21 bits per heavy atom. The summed E-state index contributed by atoms with van der Waals surface area (Å²) in [4.78, 5) is 39.0. The maximum absolute atomic E-state index is 12.7. The van der Waals surface area contributed by atoms with E-state index in [0.717, 1.165) is 5.56 Å².